The molecule has 23 heavy (non-hydrogen) atoms. The molecule has 2 aliphatic rings. The molecule has 1 aliphatic heterocycles. The third kappa shape index (κ3) is 2.17. The fourth-order valence-electron chi connectivity index (χ4n) is 4.63. The number of phenolic OH excluding ortho intramolecular Hbond substituents is 1. The summed E-state index contributed by atoms with van der Waals surface area (Å²) in [5.41, 5.74) is -0.282. The van der Waals surface area contributed by atoms with Crippen LogP contribution in [0, 0.1) is 6.92 Å². The number of piperidine rings is 1. The maximum atomic E-state index is 12.3. The number of carbonyl (C=O) groups is 1. The van der Waals surface area contributed by atoms with Crippen LogP contribution < -0.4 is 10.1 Å². The molecule has 3 rings (SSSR count). The summed E-state index contributed by atoms with van der Waals surface area (Å²) in [5.74, 6) is 0.576. The Balaban J connectivity index is 2.27. The van der Waals surface area contributed by atoms with E-state index < -0.39 is 11.0 Å². The van der Waals surface area contributed by atoms with Crippen molar-refractivity contribution in [2.45, 2.75) is 56.6 Å². The first-order chi connectivity index (χ1) is 10.9. The number of aliphatic hydroxyl groups is 1. The smallest absolute Gasteiger partial charge is 0.161 e. The zero-order valence-corrected chi connectivity index (χ0v) is 14.0. The van der Waals surface area contributed by atoms with Crippen molar-refractivity contribution in [2.24, 2.45) is 0 Å². The third-order valence-electron chi connectivity index (χ3n) is 5.88. The van der Waals surface area contributed by atoms with Crippen molar-refractivity contribution in [1.29, 1.82) is 0 Å². The minimum Gasteiger partial charge on any atom is -0.504 e. The summed E-state index contributed by atoms with van der Waals surface area (Å²) in [4.78, 5) is 12.3. The van der Waals surface area contributed by atoms with E-state index in [1.54, 1.807) is 6.07 Å². The quantitative estimate of drug-likeness (QED) is 0.775. The van der Waals surface area contributed by atoms with Crippen LogP contribution in [0.25, 0.3) is 0 Å². The van der Waals surface area contributed by atoms with Gasteiger partial charge in [-0.05, 0) is 44.9 Å². The zero-order valence-electron chi connectivity index (χ0n) is 14.0. The normalized spacial score (nSPS) is 34.1. The lowest BCUT2D eigenvalue weighted by Gasteiger charge is -2.57. The Morgan fingerprint density at radius 3 is 2.78 bits per heavy atom. The van der Waals surface area contributed by atoms with Crippen LogP contribution in [-0.2, 0) is 10.2 Å². The number of benzene rings is 1. The van der Waals surface area contributed by atoms with Gasteiger partial charge in [0.1, 0.15) is 5.78 Å². The van der Waals surface area contributed by atoms with Crippen LogP contribution in [-0.4, -0.2) is 41.3 Å². The monoisotopic (exact) mass is 319 g/mol. The highest BCUT2D eigenvalue weighted by Crippen LogP contribution is 2.55. The van der Waals surface area contributed by atoms with E-state index in [4.69, 9.17) is 4.74 Å². The van der Waals surface area contributed by atoms with E-state index in [1.807, 2.05) is 19.9 Å². The van der Waals surface area contributed by atoms with E-state index in [-0.39, 0.29) is 24.0 Å². The molecule has 2 fully saturated rings. The summed E-state index contributed by atoms with van der Waals surface area (Å²) in [5, 5.41) is 25.6. The number of aromatic hydroxyl groups is 1. The molecule has 0 aromatic heterocycles. The van der Waals surface area contributed by atoms with Crippen molar-refractivity contribution < 1.29 is 19.7 Å². The highest BCUT2D eigenvalue weighted by molar-refractivity contribution is 5.82. The van der Waals surface area contributed by atoms with Gasteiger partial charge in [-0.3, -0.25) is 4.79 Å². The standard InChI is InChI=1S/C18H25NO4/c1-11-4-5-14(23-3)16(21)15(11)17-8-9-19-12(2)18(17,22)7-6-13(20)10-17/h4-5,12,19,21-22H,6-10H2,1-3H3. The SMILES string of the molecule is COc1ccc(C)c(C23CCNC(C)C2(O)CCC(=O)C3)c1O. The van der Waals surface area contributed by atoms with Gasteiger partial charge in [0.2, 0.25) is 0 Å². The summed E-state index contributed by atoms with van der Waals surface area (Å²) < 4.78 is 5.26. The van der Waals surface area contributed by atoms with Crippen molar-refractivity contribution >= 4 is 5.78 Å². The van der Waals surface area contributed by atoms with Crippen LogP contribution in [0.3, 0.4) is 0 Å². The molecule has 0 radical (unpaired) electrons. The number of Topliss-reactive ketones (excluding diaryl/α,β-unsaturated/α-hetero) is 1. The fraction of sp³-hybridized carbons (Fsp3) is 0.611. The van der Waals surface area contributed by atoms with Crippen LogP contribution >= 0.6 is 0 Å². The van der Waals surface area contributed by atoms with Gasteiger partial charge in [0.25, 0.3) is 0 Å². The Morgan fingerprint density at radius 1 is 1.35 bits per heavy atom. The molecule has 5 nitrogen and oxygen atoms in total. The first-order valence-corrected chi connectivity index (χ1v) is 8.20. The summed E-state index contributed by atoms with van der Waals surface area (Å²) >= 11 is 0. The lowest BCUT2D eigenvalue weighted by molar-refractivity contribution is -0.145. The Labute approximate surface area is 136 Å². The van der Waals surface area contributed by atoms with Crippen LogP contribution in [0.15, 0.2) is 12.1 Å². The Kier molecular flexibility index (Phi) is 3.89. The van der Waals surface area contributed by atoms with Crippen molar-refractivity contribution in [2.75, 3.05) is 13.7 Å². The van der Waals surface area contributed by atoms with Crippen LogP contribution in [0.4, 0.5) is 0 Å². The number of hydrogen-bond donors (Lipinski definition) is 3. The van der Waals surface area contributed by atoms with Gasteiger partial charge in [0.15, 0.2) is 11.5 Å². The molecular formula is C18H25NO4. The molecule has 3 N–H and O–H groups in total. The third-order valence-corrected chi connectivity index (χ3v) is 5.88. The van der Waals surface area contributed by atoms with Crippen molar-refractivity contribution in [3.63, 3.8) is 0 Å². The summed E-state index contributed by atoms with van der Waals surface area (Å²) in [7, 11) is 1.51. The number of ketones is 1. The first kappa shape index (κ1) is 16.3. The number of phenols is 1. The maximum absolute atomic E-state index is 12.3. The van der Waals surface area contributed by atoms with Gasteiger partial charge in [0, 0.05) is 29.9 Å². The van der Waals surface area contributed by atoms with E-state index in [2.05, 4.69) is 5.32 Å². The molecule has 1 saturated heterocycles. The Bertz CT molecular complexity index is 644. The number of rotatable bonds is 2. The number of hydrogen-bond acceptors (Lipinski definition) is 5. The second-order valence-corrected chi connectivity index (χ2v) is 6.96. The highest BCUT2D eigenvalue weighted by atomic mass is 16.5. The molecule has 3 unspecified atom stereocenters. The van der Waals surface area contributed by atoms with Gasteiger partial charge in [-0.15, -0.1) is 0 Å². The van der Waals surface area contributed by atoms with E-state index in [0.717, 1.165) is 5.56 Å². The second-order valence-electron chi connectivity index (χ2n) is 6.96. The zero-order chi connectivity index (χ0) is 16.8. The van der Waals surface area contributed by atoms with Crippen molar-refractivity contribution in [3.8, 4) is 11.5 Å². The molecule has 0 spiro atoms. The van der Waals surface area contributed by atoms with Gasteiger partial charge in [0.05, 0.1) is 12.7 Å². The average molecular weight is 319 g/mol. The van der Waals surface area contributed by atoms with Crippen LogP contribution in [0.5, 0.6) is 11.5 Å². The van der Waals surface area contributed by atoms with Crippen molar-refractivity contribution in [3.05, 3.63) is 23.3 Å². The molecule has 126 valence electrons. The van der Waals surface area contributed by atoms with Gasteiger partial charge < -0.3 is 20.3 Å². The van der Waals surface area contributed by atoms with E-state index in [0.29, 0.717) is 37.1 Å². The molecule has 5 heteroatoms. The Hall–Kier alpha value is -1.59. The highest BCUT2D eigenvalue weighted by Gasteiger charge is 2.60. The minimum atomic E-state index is -1.06. The predicted molar refractivity (Wildman–Crippen MR) is 87.0 cm³/mol. The topological polar surface area (TPSA) is 78.8 Å². The average Bonchev–Trinajstić information content (AvgIpc) is 2.50. The molecule has 1 heterocycles. The van der Waals surface area contributed by atoms with Gasteiger partial charge in [-0.2, -0.15) is 0 Å². The number of ether oxygens (including phenoxy) is 1. The molecular weight excluding hydrogens is 294 g/mol. The largest absolute Gasteiger partial charge is 0.504 e. The van der Waals surface area contributed by atoms with E-state index in [1.165, 1.54) is 7.11 Å². The molecule has 1 saturated carbocycles. The van der Waals surface area contributed by atoms with Gasteiger partial charge in [-0.25, -0.2) is 0 Å². The lowest BCUT2D eigenvalue weighted by atomic mass is 9.53. The lowest BCUT2D eigenvalue weighted by Crippen LogP contribution is -2.69. The van der Waals surface area contributed by atoms with Crippen molar-refractivity contribution in [1.82, 2.24) is 5.32 Å². The number of methoxy groups -OCH3 is 1. The molecule has 0 bridgehead atoms. The van der Waals surface area contributed by atoms with Crippen LogP contribution in [0.1, 0.15) is 43.7 Å². The number of carbonyl (C=O) groups excluding carboxylic acids is 1. The number of nitrogens with one attached hydrogen (secondary N) is 1. The molecule has 0 amide bonds. The van der Waals surface area contributed by atoms with Gasteiger partial charge in [-0.1, -0.05) is 6.07 Å². The fourth-order valence-corrected chi connectivity index (χ4v) is 4.63. The van der Waals surface area contributed by atoms with Crippen LogP contribution in [0.2, 0.25) is 0 Å². The molecule has 1 aromatic rings. The summed E-state index contributed by atoms with van der Waals surface area (Å²) in [6.45, 7) is 4.57. The Morgan fingerprint density at radius 2 is 2.09 bits per heavy atom. The minimum absolute atomic E-state index is 0.0507. The molecule has 1 aliphatic carbocycles. The summed E-state index contributed by atoms with van der Waals surface area (Å²) in [6.07, 6.45) is 1.67. The van der Waals surface area contributed by atoms with Gasteiger partial charge >= 0.3 is 0 Å². The number of fused-ring (bicyclic) bond motifs is 1. The van der Waals surface area contributed by atoms with E-state index in [9.17, 15) is 15.0 Å². The molecule has 3 atom stereocenters. The molecule has 1 aromatic carbocycles. The number of aryl methyl sites for hydroxylation is 1. The van der Waals surface area contributed by atoms with E-state index >= 15 is 0 Å². The second kappa shape index (κ2) is 5.49. The maximum Gasteiger partial charge on any atom is 0.161 e. The summed E-state index contributed by atoms with van der Waals surface area (Å²) in [6, 6.07) is 3.46. The first-order valence-electron chi connectivity index (χ1n) is 8.20. The predicted octanol–water partition coefficient (Wildman–Crippen LogP) is 1.81.